The van der Waals surface area contributed by atoms with Crippen LogP contribution in [0.2, 0.25) is 0 Å². The van der Waals surface area contributed by atoms with Crippen LogP contribution < -0.4 is 5.32 Å². The molecule has 0 spiro atoms. The van der Waals surface area contributed by atoms with Gasteiger partial charge in [-0.3, -0.25) is 14.6 Å². The molecule has 5 nitrogen and oxygen atoms in total. The zero-order valence-corrected chi connectivity index (χ0v) is 16.2. The number of carbonyl (C=O) groups is 2. The molecule has 29 heavy (non-hydrogen) atoms. The topological polar surface area (TPSA) is 62.3 Å². The van der Waals surface area contributed by atoms with Crippen LogP contribution in [0.1, 0.15) is 34.5 Å². The molecule has 4 rings (SSSR count). The first-order valence-corrected chi connectivity index (χ1v) is 9.85. The Balaban J connectivity index is 1.46. The molecule has 0 saturated carbocycles. The van der Waals surface area contributed by atoms with Gasteiger partial charge in [0.2, 0.25) is 5.91 Å². The second kappa shape index (κ2) is 8.69. The SMILES string of the molecule is O=C(NCc1ccccc1-c1ccc(CN2CCCC2=O)cc1)c1ccccn1. The molecule has 0 atom stereocenters. The van der Waals surface area contributed by atoms with Gasteiger partial charge in [-0.05, 0) is 40.8 Å². The predicted molar refractivity (Wildman–Crippen MR) is 112 cm³/mol. The molecule has 146 valence electrons. The van der Waals surface area contributed by atoms with Crippen molar-refractivity contribution in [3.63, 3.8) is 0 Å². The molecule has 0 radical (unpaired) electrons. The summed E-state index contributed by atoms with van der Waals surface area (Å²) in [6.45, 7) is 1.94. The molecule has 1 aliphatic rings. The van der Waals surface area contributed by atoms with E-state index in [0.717, 1.165) is 35.2 Å². The van der Waals surface area contributed by atoms with Gasteiger partial charge in [0, 0.05) is 32.3 Å². The van der Waals surface area contributed by atoms with Gasteiger partial charge >= 0.3 is 0 Å². The van der Waals surface area contributed by atoms with Gasteiger partial charge in [-0.15, -0.1) is 0 Å². The predicted octanol–water partition coefficient (Wildman–Crippen LogP) is 3.80. The third-order valence-electron chi connectivity index (χ3n) is 5.16. The molecule has 1 N–H and O–H groups in total. The van der Waals surface area contributed by atoms with E-state index in [2.05, 4.69) is 40.6 Å². The Morgan fingerprint density at radius 3 is 2.52 bits per heavy atom. The van der Waals surface area contributed by atoms with Gasteiger partial charge in [0.05, 0.1) is 0 Å². The van der Waals surface area contributed by atoms with E-state index >= 15 is 0 Å². The fourth-order valence-electron chi connectivity index (χ4n) is 3.60. The highest BCUT2D eigenvalue weighted by Gasteiger charge is 2.19. The zero-order valence-electron chi connectivity index (χ0n) is 16.2. The van der Waals surface area contributed by atoms with Crippen molar-refractivity contribution in [2.75, 3.05) is 6.54 Å². The lowest BCUT2D eigenvalue weighted by Crippen LogP contribution is -2.24. The summed E-state index contributed by atoms with van der Waals surface area (Å²) in [5, 5.41) is 2.94. The average molecular weight is 385 g/mol. The zero-order chi connectivity index (χ0) is 20.1. The first-order chi connectivity index (χ1) is 14.2. The minimum Gasteiger partial charge on any atom is -0.347 e. The number of carbonyl (C=O) groups excluding carboxylic acids is 2. The van der Waals surface area contributed by atoms with Crippen LogP contribution in [0, 0.1) is 0 Å². The number of likely N-dealkylation sites (tertiary alicyclic amines) is 1. The molecule has 2 amide bonds. The molecule has 0 aliphatic carbocycles. The van der Waals surface area contributed by atoms with Gasteiger partial charge < -0.3 is 10.2 Å². The summed E-state index contributed by atoms with van der Waals surface area (Å²) in [6.07, 6.45) is 3.23. The lowest BCUT2D eigenvalue weighted by molar-refractivity contribution is -0.128. The maximum absolute atomic E-state index is 12.3. The van der Waals surface area contributed by atoms with Gasteiger partial charge in [-0.1, -0.05) is 54.6 Å². The van der Waals surface area contributed by atoms with Crippen LogP contribution in [-0.4, -0.2) is 28.2 Å². The highest BCUT2D eigenvalue weighted by Crippen LogP contribution is 2.25. The van der Waals surface area contributed by atoms with Crippen molar-refractivity contribution in [2.45, 2.75) is 25.9 Å². The summed E-state index contributed by atoms with van der Waals surface area (Å²) in [5.74, 6) is 0.0501. The van der Waals surface area contributed by atoms with Crippen molar-refractivity contribution in [3.8, 4) is 11.1 Å². The monoisotopic (exact) mass is 385 g/mol. The van der Waals surface area contributed by atoms with E-state index in [4.69, 9.17) is 0 Å². The molecule has 2 heterocycles. The second-order valence-electron chi connectivity index (χ2n) is 7.17. The van der Waals surface area contributed by atoms with Crippen LogP contribution in [0.5, 0.6) is 0 Å². The number of hydrogen-bond donors (Lipinski definition) is 1. The fourth-order valence-corrected chi connectivity index (χ4v) is 3.60. The minimum absolute atomic E-state index is 0.189. The van der Waals surface area contributed by atoms with E-state index in [1.54, 1.807) is 24.4 Å². The molecule has 0 unspecified atom stereocenters. The van der Waals surface area contributed by atoms with E-state index < -0.39 is 0 Å². The Hall–Kier alpha value is -3.47. The number of rotatable bonds is 6. The van der Waals surface area contributed by atoms with Crippen molar-refractivity contribution in [2.24, 2.45) is 0 Å². The second-order valence-corrected chi connectivity index (χ2v) is 7.17. The third kappa shape index (κ3) is 4.51. The van der Waals surface area contributed by atoms with Crippen LogP contribution in [0.25, 0.3) is 11.1 Å². The van der Waals surface area contributed by atoms with Crippen molar-refractivity contribution in [3.05, 3.63) is 89.7 Å². The van der Waals surface area contributed by atoms with E-state index in [1.807, 2.05) is 23.1 Å². The quantitative estimate of drug-likeness (QED) is 0.702. The molecule has 0 bridgehead atoms. The molecular formula is C24H23N3O2. The van der Waals surface area contributed by atoms with E-state index in [9.17, 15) is 9.59 Å². The Bertz CT molecular complexity index is 1000. The molecule has 3 aromatic rings. The molecule has 1 fully saturated rings. The van der Waals surface area contributed by atoms with E-state index in [0.29, 0.717) is 25.2 Å². The third-order valence-corrected chi connectivity index (χ3v) is 5.16. The van der Waals surface area contributed by atoms with Crippen molar-refractivity contribution < 1.29 is 9.59 Å². The number of nitrogens with one attached hydrogen (secondary N) is 1. The van der Waals surface area contributed by atoms with Crippen LogP contribution in [-0.2, 0) is 17.9 Å². The van der Waals surface area contributed by atoms with Gasteiger partial charge in [-0.2, -0.15) is 0 Å². The smallest absolute Gasteiger partial charge is 0.270 e. The van der Waals surface area contributed by atoms with Crippen molar-refractivity contribution >= 4 is 11.8 Å². The molecule has 1 saturated heterocycles. The maximum atomic E-state index is 12.3. The van der Waals surface area contributed by atoms with Crippen LogP contribution >= 0.6 is 0 Å². The van der Waals surface area contributed by atoms with Gasteiger partial charge in [0.15, 0.2) is 0 Å². The Morgan fingerprint density at radius 2 is 1.79 bits per heavy atom. The lowest BCUT2D eigenvalue weighted by atomic mass is 9.98. The number of hydrogen-bond acceptors (Lipinski definition) is 3. The molecular weight excluding hydrogens is 362 g/mol. The highest BCUT2D eigenvalue weighted by atomic mass is 16.2. The Morgan fingerprint density at radius 1 is 1.00 bits per heavy atom. The first kappa shape index (κ1) is 18.9. The number of nitrogens with zero attached hydrogens (tertiary/aromatic N) is 2. The largest absolute Gasteiger partial charge is 0.347 e. The summed E-state index contributed by atoms with van der Waals surface area (Å²) < 4.78 is 0. The summed E-state index contributed by atoms with van der Waals surface area (Å²) in [7, 11) is 0. The summed E-state index contributed by atoms with van der Waals surface area (Å²) in [4.78, 5) is 30.1. The average Bonchev–Trinajstić information content (AvgIpc) is 3.18. The van der Waals surface area contributed by atoms with Gasteiger partial charge in [0.25, 0.3) is 5.91 Å². The standard InChI is InChI=1S/C24H23N3O2/c28-23-9-5-15-27(23)17-18-10-12-19(13-11-18)21-7-2-1-6-20(21)16-26-24(29)22-8-3-4-14-25-22/h1-4,6-8,10-14H,5,9,15-17H2,(H,26,29). The summed E-state index contributed by atoms with van der Waals surface area (Å²) >= 11 is 0. The van der Waals surface area contributed by atoms with Gasteiger partial charge in [-0.25, -0.2) is 0 Å². The molecule has 2 aromatic carbocycles. The molecule has 5 heteroatoms. The number of amides is 2. The lowest BCUT2D eigenvalue weighted by Gasteiger charge is -2.16. The van der Waals surface area contributed by atoms with Crippen LogP contribution in [0.3, 0.4) is 0 Å². The fraction of sp³-hybridized carbons (Fsp3) is 0.208. The molecule has 1 aliphatic heterocycles. The van der Waals surface area contributed by atoms with Crippen molar-refractivity contribution in [1.29, 1.82) is 0 Å². The van der Waals surface area contributed by atoms with Crippen LogP contribution in [0.4, 0.5) is 0 Å². The maximum Gasteiger partial charge on any atom is 0.270 e. The Kier molecular flexibility index (Phi) is 5.66. The van der Waals surface area contributed by atoms with E-state index in [-0.39, 0.29) is 11.8 Å². The van der Waals surface area contributed by atoms with Crippen LogP contribution in [0.15, 0.2) is 72.9 Å². The van der Waals surface area contributed by atoms with E-state index in [1.165, 1.54) is 0 Å². The summed E-state index contributed by atoms with van der Waals surface area (Å²) in [6, 6.07) is 21.6. The normalized spacial score (nSPS) is 13.5. The summed E-state index contributed by atoms with van der Waals surface area (Å²) in [5.41, 5.74) is 4.75. The van der Waals surface area contributed by atoms with Crippen molar-refractivity contribution in [1.82, 2.24) is 15.2 Å². The molecule has 1 aromatic heterocycles. The Labute approximate surface area is 170 Å². The number of aromatic nitrogens is 1. The van der Waals surface area contributed by atoms with Gasteiger partial charge in [0.1, 0.15) is 5.69 Å². The first-order valence-electron chi connectivity index (χ1n) is 9.85. The minimum atomic E-state index is -0.189. The number of pyridine rings is 1. The number of benzene rings is 2. The highest BCUT2D eigenvalue weighted by molar-refractivity contribution is 5.92.